The normalized spacial score (nSPS) is 17.3. The molecule has 1 saturated carbocycles. The van der Waals surface area contributed by atoms with Gasteiger partial charge in [-0.15, -0.1) is 0 Å². The number of carbonyl (C=O) groups is 2. The average Bonchev–Trinajstić information content (AvgIpc) is 3.49. The number of nitrogens with zero attached hydrogens (tertiary/aromatic N) is 2. The fraction of sp³-hybridized carbons (Fsp3) is 0.364. The first kappa shape index (κ1) is 16.8. The molecule has 2 amide bonds. The number of benzene rings is 2. The van der Waals surface area contributed by atoms with E-state index in [0.717, 1.165) is 12.0 Å². The van der Waals surface area contributed by atoms with Gasteiger partial charge < -0.3 is 9.80 Å². The van der Waals surface area contributed by atoms with Crippen LogP contribution in [0.25, 0.3) is 0 Å². The van der Waals surface area contributed by atoms with Crippen LogP contribution in [-0.2, 0) is 29.1 Å². The molecule has 2 aliphatic rings. The van der Waals surface area contributed by atoms with E-state index in [-0.39, 0.29) is 11.8 Å². The zero-order valence-corrected chi connectivity index (χ0v) is 15.1. The van der Waals surface area contributed by atoms with E-state index in [1.165, 1.54) is 11.1 Å². The molecule has 0 atom stereocenters. The maximum Gasteiger partial charge on any atom is 0.238 e. The maximum absolute atomic E-state index is 13.2. The second-order valence-electron chi connectivity index (χ2n) is 7.47. The van der Waals surface area contributed by atoms with Gasteiger partial charge in [0.25, 0.3) is 0 Å². The van der Waals surface area contributed by atoms with E-state index in [1.807, 2.05) is 47.4 Å². The minimum absolute atomic E-state index is 0.0110. The lowest BCUT2D eigenvalue weighted by Crippen LogP contribution is -2.47. The third-order valence-corrected chi connectivity index (χ3v) is 5.60. The molecule has 1 fully saturated rings. The first-order valence-electron chi connectivity index (χ1n) is 9.26. The van der Waals surface area contributed by atoms with Crippen molar-refractivity contribution in [2.75, 3.05) is 13.6 Å². The van der Waals surface area contributed by atoms with Crippen molar-refractivity contribution in [1.82, 2.24) is 9.80 Å². The Morgan fingerprint density at radius 2 is 1.65 bits per heavy atom. The molecule has 4 heteroatoms. The minimum Gasteiger partial charge on any atom is -0.340 e. The molecule has 0 unspecified atom stereocenters. The van der Waals surface area contributed by atoms with E-state index < -0.39 is 5.41 Å². The summed E-state index contributed by atoms with van der Waals surface area (Å²) in [5.41, 5.74) is 2.77. The van der Waals surface area contributed by atoms with Gasteiger partial charge in [-0.25, -0.2) is 0 Å². The third-order valence-electron chi connectivity index (χ3n) is 5.60. The molecule has 134 valence electrons. The van der Waals surface area contributed by atoms with E-state index >= 15 is 0 Å². The predicted molar refractivity (Wildman–Crippen MR) is 100 cm³/mol. The number of rotatable bonds is 4. The summed E-state index contributed by atoms with van der Waals surface area (Å²) in [6.45, 7) is 1.86. The van der Waals surface area contributed by atoms with Crippen molar-refractivity contribution < 1.29 is 9.59 Å². The minimum atomic E-state index is -0.824. The van der Waals surface area contributed by atoms with Crippen molar-refractivity contribution in [3.8, 4) is 0 Å². The molecule has 4 nitrogen and oxygen atoms in total. The highest BCUT2D eigenvalue weighted by Gasteiger charge is 2.59. The van der Waals surface area contributed by atoms with E-state index in [1.54, 1.807) is 11.9 Å². The standard InChI is InChI=1S/C22H24N2O2/c1-23(15-17-7-3-2-4-8-17)20(25)22(12-13-22)21(26)24-14-11-18-9-5-6-10-19(18)16-24/h2-10H,11-16H2,1H3. The van der Waals surface area contributed by atoms with Crippen molar-refractivity contribution in [1.29, 1.82) is 0 Å². The summed E-state index contributed by atoms with van der Waals surface area (Å²) >= 11 is 0. The van der Waals surface area contributed by atoms with Crippen LogP contribution in [0, 0.1) is 5.41 Å². The van der Waals surface area contributed by atoms with Crippen molar-refractivity contribution in [2.45, 2.75) is 32.4 Å². The summed E-state index contributed by atoms with van der Waals surface area (Å²) in [6, 6.07) is 18.2. The molecule has 0 saturated heterocycles. The van der Waals surface area contributed by atoms with Gasteiger partial charge in [0.1, 0.15) is 5.41 Å². The van der Waals surface area contributed by atoms with Crippen LogP contribution in [0.1, 0.15) is 29.5 Å². The van der Waals surface area contributed by atoms with Gasteiger partial charge in [-0.3, -0.25) is 9.59 Å². The maximum atomic E-state index is 13.2. The number of hydrogen-bond donors (Lipinski definition) is 0. The highest BCUT2D eigenvalue weighted by atomic mass is 16.2. The quantitative estimate of drug-likeness (QED) is 0.797. The Hall–Kier alpha value is -2.62. The van der Waals surface area contributed by atoms with Gasteiger partial charge in [-0.1, -0.05) is 54.6 Å². The number of amides is 2. The van der Waals surface area contributed by atoms with Crippen molar-refractivity contribution in [2.24, 2.45) is 5.41 Å². The zero-order chi connectivity index (χ0) is 18.1. The van der Waals surface area contributed by atoms with Crippen LogP contribution in [0.3, 0.4) is 0 Å². The zero-order valence-electron chi connectivity index (χ0n) is 15.1. The van der Waals surface area contributed by atoms with E-state index in [4.69, 9.17) is 0 Å². The molecule has 1 aliphatic carbocycles. The summed E-state index contributed by atoms with van der Waals surface area (Å²) in [5, 5.41) is 0. The summed E-state index contributed by atoms with van der Waals surface area (Å²) < 4.78 is 0. The van der Waals surface area contributed by atoms with E-state index in [9.17, 15) is 9.59 Å². The summed E-state index contributed by atoms with van der Waals surface area (Å²) in [6.07, 6.45) is 2.20. The van der Waals surface area contributed by atoms with Gasteiger partial charge in [0.05, 0.1) is 0 Å². The van der Waals surface area contributed by atoms with Crippen molar-refractivity contribution in [3.63, 3.8) is 0 Å². The molecule has 2 aromatic carbocycles. The van der Waals surface area contributed by atoms with Gasteiger partial charge in [-0.2, -0.15) is 0 Å². The molecule has 1 aliphatic heterocycles. The predicted octanol–water partition coefficient (Wildman–Crippen LogP) is 3.01. The van der Waals surface area contributed by atoms with Crippen LogP contribution >= 0.6 is 0 Å². The average molecular weight is 348 g/mol. The summed E-state index contributed by atoms with van der Waals surface area (Å²) in [5.74, 6) is -0.0258. The van der Waals surface area contributed by atoms with E-state index in [2.05, 4.69) is 12.1 Å². The second kappa shape index (κ2) is 6.60. The molecule has 1 heterocycles. The van der Waals surface area contributed by atoms with Crippen LogP contribution < -0.4 is 0 Å². The van der Waals surface area contributed by atoms with Crippen LogP contribution in [-0.4, -0.2) is 35.2 Å². The van der Waals surface area contributed by atoms with Crippen LogP contribution in [0.5, 0.6) is 0 Å². The number of hydrogen-bond acceptors (Lipinski definition) is 2. The SMILES string of the molecule is CN(Cc1ccccc1)C(=O)C1(C(=O)N2CCc3ccccc3C2)CC1. The first-order chi connectivity index (χ1) is 12.6. The van der Waals surface area contributed by atoms with E-state index in [0.29, 0.717) is 32.5 Å². The number of fused-ring (bicyclic) bond motifs is 1. The van der Waals surface area contributed by atoms with Crippen molar-refractivity contribution in [3.05, 3.63) is 71.3 Å². The molecule has 0 N–H and O–H groups in total. The second-order valence-corrected chi connectivity index (χ2v) is 7.47. The Labute approximate surface area is 154 Å². The van der Waals surface area contributed by atoms with Gasteiger partial charge in [0.2, 0.25) is 11.8 Å². The summed E-state index contributed by atoms with van der Waals surface area (Å²) in [4.78, 5) is 29.8. The van der Waals surface area contributed by atoms with Crippen molar-refractivity contribution >= 4 is 11.8 Å². The molecular formula is C22H24N2O2. The smallest absolute Gasteiger partial charge is 0.238 e. The Bertz CT molecular complexity index is 827. The Morgan fingerprint density at radius 1 is 1.00 bits per heavy atom. The Kier molecular flexibility index (Phi) is 4.27. The fourth-order valence-corrected chi connectivity index (χ4v) is 3.91. The molecule has 0 bridgehead atoms. The largest absolute Gasteiger partial charge is 0.340 e. The highest BCUT2D eigenvalue weighted by Crippen LogP contribution is 2.49. The molecular weight excluding hydrogens is 324 g/mol. The lowest BCUT2D eigenvalue weighted by Gasteiger charge is -2.33. The topological polar surface area (TPSA) is 40.6 Å². The Balaban J connectivity index is 1.46. The third kappa shape index (κ3) is 3.00. The summed E-state index contributed by atoms with van der Waals surface area (Å²) in [7, 11) is 1.80. The molecule has 0 aromatic heterocycles. The lowest BCUT2D eigenvalue weighted by molar-refractivity contribution is -0.149. The molecule has 0 radical (unpaired) electrons. The van der Waals surface area contributed by atoms with Gasteiger partial charge >= 0.3 is 0 Å². The molecule has 0 spiro atoms. The molecule has 2 aromatic rings. The fourth-order valence-electron chi connectivity index (χ4n) is 3.91. The first-order valence-corrected chi connectivity index (χ1v) is 9.26. The Morgan fingerprint density at radius 3 is 2.35 bits per heavy atom. The van der Waals surface area contributed by atoms with Crippen LogP contribution in [0.4, 0.5) is 0 Å². The monoisotopic (exact) mass is 348 g/mol. The van der Waals surface area contributed by atoms with Crippen LogP contribution in [0.15, 0.2) is 54.6 Å². The molecule has 4 rings (SSSR count). The number of carbonyl (C=O) groups excluding carboxylic acids is 2. The highest BCUT2D eigenvalue weighted by molar-refractivity contribution is 6.07. The molecule has 26 heavy (non-hydrogen) atoms. The van der Waals surface area contributed by atoms with Gasteiger partial charge in [0, 0.05) is 26.7 Å². The van der Waals surface area contributed by atoms with Gasteiger partial charge in [0.15, 0.2) is 0 Å². The lowest BCUT2D eigenvalue weighted by atomic mass is 9.96. The van der Waals surface area contributed by atoms with Crippen LogP contribution in [0.2, 0.25) is 0 Å². The van der Waals surface area contributed by atoms with Gasteiger partial charge in [-0.05, 0) is 36.0 Å².